The van der Waals surface area contributed by atoms with Gasteiger partial charge in [-0.2, -0.15) is 0 Å². The van der Waals surface area contributed by atoms with Gasteiger partial charge in [-0.15, -0.1) is 0 Å². The average Bonchev–Trinajstić information content (AvgIpc) is 2.85. The maximum absolute atomic E-state index is 11.0. The molecular formula is C14H14BrN3O. The largest absolute Gasteiger partial charge is 0.346 e. The summed E-state index contributed by atoms with van der Waals surface area (Å²) in [4.78, 5) is 21.1. The third-order valence-electron chi connectivity index (χ3n) is 2.59. The first-order valence-corrected chi connectivity index (χ1v) is 6.85. The van der Waals surface area contributed by atoms with Gasteiger partial charge in [-0.3, -0.25) is 4.79 Å². The molecule has 3 heterocycles. The maximum atomic E-state index is 11.0. The Hall–Kier alpha value is -1.88. The number of nitrogens with one attached hydrogen (secondary N) is 2. The fourth-order valence-corrected chi connectivity index (χ4v) is 2.13. The number of nitrogens with zero attached hydrogens (tertiary/aromatic N) is 1. The molecule has 0 radical (unpaired) electrons. The van der Waals surface area contributed by atoms with E-state index in [2.05, 4.69) is 30.9 Å². The Bertz CT molecular complexity index is 725. The van der Waals surface area contributed by atoms with Crippen molar-refractivity contribution in [3.8, 4) is 11.1 Å². The van der Waals surface area contributed by atoms with Crippen molar-refractivity contribution in [2.75, 3.05) is 0 Å². The van der Waals surface area contributed by atoms with Gasteiger partial charge in [0.1, 0.15) is 5.65 Å². The van der Waals surface area contributed by atoms with E-state index in [1.807, 2.05) is 26.1 Å². The molecule has 0 amide bonds. The molecule has 98 valence electrons. The molecule has 3 aromatic heterocycles. The highest BCUT2D eigenvalue weighted by molar-refractivity contribution is 9.10. The highest BCUT2D eigenvalue weighted by Gasteiger charge is 2.07. The normalized spacial score (nSPS) is 10.1. The Morgan fingerprint density at radius 1 is 1.16 bits per heavy atom. The fourth-order valence-electron chi connectivity index (χ4n) is 1.79. The monoisotopic (exact) mass is 319 g/mol. The lowest BCUT2D eigenvalue weighted by Gasteiger charge is -1.98. The van der Waals surface area contributed by atoms with Gasteiger partial charge < -0.3 is 9.97 Å². The molecule has 0 aromatic carbocycles. The smallest absolute Gasteiger partial charge is 0.247 e. The van der Waals surface area contributed by atoms with E-state index in [0.29, 0.717) is 0 Å². The molecule has 0 spiro atoms. The minimum atomic E-state index is -0.104. The van der Waals surface area contributed by atoms with E-state index in [-0.39, 0.29) is 5.56 Å². The minimum absolute atomic E-state index is 0.104. The molecule has 0 saturated heterocycles. The molecule has 2 N–H and O–H groups in total. The van der Waals surface area contributed by atoms with E-state index in [1.165, 1.54) is 6.07 Å². The highest BCUT2D eigenvalue weighted by atomic mass is 79.9. The summed E-state index contributed by atoms with van der Waals surface area (Å²) in [7, 11) is 0. The standard InChI is InChI=1S/C12H8BrN3O.C2H6/c13-8-3-9-10(6-16-12(9)15-5-8)7-1-2-11(17)14-4-7;1-2/h1-6H,(H,14,17)(H,15,16);1-2H3. The molecule has 0 unspecified atom stereocenters. The fraction of sp³-hybridized carbons (Fsp3) is 0.143. The van der Waals surface area contributed by atoms with Crippen LogP contribution in [0.15, 0.2) is 46.1 Å². The molecule has 0 aliphatic heterocycles. The summed E-state index contributed by atoms with van der Waals surface area (Å²) in [5.41, 5.74) is 2.70. The summed E-state index contributed by atoms with van der Waals surface area (Å²) in [6, 6.07) is 5.31. The van der Waals surface area contributed by atoms with Gasteiger partial charge >= 0.3 is 0 Å². The Morgan fingerprint density at radius 3 is 2.63 bits per heavy atom. The van der Waals surface area contributed by atoms with E-state index >= 15 is 0 Å². The molecule has 4 nitrogen and oxygen atoms in total. The van der Waals surface area contributed by atoms with Crippen LogP contribution < -0.4 is 5.56 Å². The molecular weight excluding hydrogens is 306 g/mol. The average molecular weight is 320 g/mol. The molecule has 0 atom stereocenters. The number of hydrogen-bond donors (Lipinski definition) is 2. The van der Waals surface area contributed by atoms with Gasteiger partial charge in [-0.1, -0.05) is 13.8 Å². The number of H-pyrrole nitrogens is 2. The van der Waals surface area contributed by atoms with Crippen molar-refractivity contribution in [1.82, 2.24) is 15.0 Å². The first-order valence-electron chi connectivity index (χ1n) is 6.06. The number of aromatic nitrogens is 3. The van der Waals surface area contributed by atoms with Crippen molar-refractivity contribution in [2.45, 2.75) is 13.8 Å². The number of halogens is 1. The van der Waals surface area contributed by atoms with Crippen LogP contribution in [0.5, 0.6) is 0 Å². The van der Waals surface area contributed by atoms with Crippen LogP contribution >= 0.6 is 15.9 Å². The summed E-state index contributed by atoms with van der Waals surface area (Å²) >= 11 is 3.40. The molecule has 0 saturated carbocycles. The SMILES string of the molecule is CC.O=c1ccc(-c2c[nH]c3ncc(Br)cc23)c[nH]1. The van der Waals surface area contributed by atoms with Crippen LogP contribution in [0.3, 0.4) is 0 Å². The lowest BCUT2D eigenvalue weighted by atomic mass is 10.1. The third kappa shape index (κ3) is 2.76. The van der Waals surface area contributed by atoms with Gasteiger partial charge in [0, 0.05) is 45.6 Å². The van der Waals surface area contributed by atoms with E-state index in [4.69, 9.17) is 0 Å². The zero-order valence-electron chi connectivity index (χ0n) is 10.7. The van der Waals surface area contributed by atoms with Crippen LogP contribution in [0.4, 0.5) is 0 Å². The quantitative estimate of drug-likeness (QED) is 0.718. The van der Waals surface area contributed by atoms with Gasteiger partial charge in [0.25, 0.3) is 0 Å². The van der Waals surface area contributed by atoms with Crippen LogP contribution in [0.25, 0.3) is 22.2 Å². The lowest BCUT2D eigenvalue weighted by molar-refractivity contribution is 1.24. The second-order valence-corrected chi connectivity index (χ2v) is 4.61. The number of aromatic amines is 2. The van der Waals surface area contributed by atoms with Gasteiger partial charge in [-0.05, 0) is 28.1 Å². The molecule has 3 rings (SSSR count). The zero-order chi connectivity index (χ0) is 13.8. The van der Waals surface area contributed by atoms with Crippen molar-refractivity contribution in [1.29, 1.82) is 0 Å². The van der Waals surface area contributed by atoms with E-state index in [1.54, 1.807) is 18.5 Å². The molecule has 0 fully saturated rings. The Labute approximate surface area is 119 Å². The van der Waals surface area contributed by atoms with Crippen molar-refractivity contribution in [3.63, 3.8) is 0 Å². The summed E-state index contributed by atoms with van der Waals surface area (Å²) in [6.07, 6.45) is 5.33. The van der Waals surface area contributed by atoms with E-state index < -0.39 is 0 Å². The van der Waals surface area contributed by atoms with Crippen molar-refractivity contribution in [3.05, 3.63) is 51.6 Å². The Morgan fingerprint density at radius 2 is 1.95 bits per heavy atom. The first kappa shape index (κ1) is 13.5. The molecule has 19 heavy (non-hydrogen) atoms. The van der Waals surface area contributed by atoms with Crippen LogP contribution in [-0.2, 0) is 0 Å². The number of pyridine rings is 2. The second kappa shape index (κ2) is 5.84. The molecule has 3 aromatic rings. The topological polar surface area (TPSA) is 61.5 Å². The number of hydrogen-bond acceptors (Lipinski definition) is 2. The summed E-state index contributed by atoms with van der Waals surface area (Å²) in [5.74, 6) is 0. The third-order valence-corrected chi connectivity index (χ3v) is 3.03. The Kier molecular flexibility index (Phi) is 4.16. The van der Waals surface area contributed by atoms with Crippen LogP contribution in [0, 0.1) is 0 Å². The zero-order valence-corrected chi connectivity index (χ0v) is 12.3. The summed E-state index contributed by atoms with van der Waals surface area (Å²) < 4.78 is 0.926. The van der Waals surface area contributed by atoms with Gasteiger partial charge in [-0.25, -0.2) is 4.98 Å². The van der Waals surface area contributed by atoms with Crippen LogP contribution in [-0.4, -0.2) is 15.0 Å². The summed E-state index contributed by atoms with van der Waals surface area (Å²) in [6.45, 7) is 4.00. The van der Waals surface area contributed by atoms with Crippen molar-refractivity contribution >= 4 is 27.0 Å². The number of rotatable bonds is 1. The van der Waals surface area contributed by atoms with Crippen LogP contribution in [0.2, 0.25) is 0 Å². The Balaban J connectivity index is 0.000000637. The van der Waals surface area contributed by atoms with Gasteiger partial charge in [0.2, 0.25) is 5.56 Å². The van der Waals surface area contributed by atoms with Crippen LogP contribution in [0.1, 0.15) is 13.8 Å². The number of fused-ring (bicyclic) bond motifs is 1. The minimum Gasteiger partial charge on any atom is -0.346 e. The van der Waals surface area contributed by atoms with Crippen molar-refractivity contribution in [2.24, 2.45) is 0 Å². The summed E-state index contributed by atoms with van der Waals surface area (Å²) in [5, 5.41) is 1.02. The molecule has 0 aliphatic carbocycles. The van der Waals surface area contributed by atoms with Crippen molar-refractivity contribution < 1.29 is 0 Å². The van der Waals surface area contributed by atoms with E-state index in [9.17, 15) is 4.79 Å². The second-order valence-electron chi connectivity index (χ2n) is 3.69. The molecule has 0 aliphatic rings. The predicted octanol–water partition coefficient (Wildman–Crippen LogP) is 3.71. The predicted molar refractivity (Wildman–Crippen MR) is 81.2 cm³/mol. The maximum Gasteiger partial charge on any atom is 0.247 e. The van der Waals surface area contributed by atoms with Gasteiger partial charge in [0.15, 0.2) is 0 Å². The van der Waals surface area contributed by atoms with Gasteiger partial charge in [0.05, 0.1) is 0 Å². The molecule has 0 bridgehead atoms. The first-order chi connectivity index (χ1) is 9.24. The lowest BCUT2D eigenvalue weighted by Crippen LogP contribution is -2.01. The van der Waals surface area contributed by atoms with E-state index in [0.717, 1.165) is 26.6 Å². The highest BCUT2D eigenvalue weighted by Crippen LogP contribution is 2.28. The molecule has 5 heteroatoms.